The van der Waals surface area contributed by atoms with Crippen LogP contribution in [0.5, 0.6) is 23.0 Å². The van der Waals surface area contributed by atoms with Crippen molar-refractivity contribution in [3.05, 3.63) is 59.7 Å². The number of carbonyl (C=O) groups is 4. The molecule has 2 aromatic carbocycles. The van der Waals surface area contributed by atoms with Crippen molar-refractivity contribution in [2.24, 2.45) is 10.8 Å². The maximum atomic E-state index is 13.4. The van der Waals surface area contributed by atoms with E-state index in [0.29, 0.717) is 49.2 Å². The minimum absolute atomic E-state index is 0.115. The number of methoxy groups -OCH3 is 4. The number of nitrogens with one attached hydrogen (secondary N) is 2. The predicted molar refractivity (Wildman–Crippen MR) is 204 cm³/mol. The summed E-state index contributed by atoms with van der Waals surface area (Å²) in [6, 6.07) is 9.43. The highest BCUT2D eigenvalue weighted by molar-refractivity contribution is 5.87. The minimum atomic E-state index is -1.22. The Morgan fingerprint density at radius 3 is 1.80 bits per heavy atom. The normalized spacial score (nSPS) is 19.3. The van der Waals surface area contributed by atoms with Crippen LogP contribution in [0.3, 0.4) is 0 Å². The first kappa shape index (κ1) is 43.3. The Bertz CT molecular complexity index is 1670. The number of ether oxygens (including phenoxy) is 5. The molecule has 0 bridgehead atoms. The van der Waals surface area contributed by atoms with Crippen molar-refractivity contribution in [1.29, 1.82) is 0 Å². The third kappa shape index (κ3) is 11.7. The van der Waals surface area contributed by atoms with Gasteiger partial charge in [0.15, 0.2) is 0 Å². The van der Waals surface area contributed by atoms with Gasteiger partial charge in [-0.3, -0.25) is 9.59 Å². The number of nitrogens with zero attached hydrogens (tertiary/aromatic N) is 2. The van der Waals surface area contributed by atoms with Crippen LogP contribution in [-0.2, 0) is 27.4 Å². The fourth-order valence-electron chi connectivity index (χ4n) is 6.40. The van der Waals surface area contributed by atoms with E-state index >= 15 is 0 Å². The van der Waals surface area contributed by atoms with Crippen molar-refractivity contribution < 1.29 is 48.0 Å². The molecule has 54 heavy (non-hydrogen) atoms. The largest absolute Gasteiger partial charge is 0.497 e. The minimum Gasteiger partial charge on any atom is -0.497 e. The number of rotatable bonds is 10. The molecule has 2 aromatic rings. The molecule has 3 N–H and O–H groups in total. The molecular formula is C40H58N4O10. The van der Waals surface area contributed by atoms with Crippen molar-refractivity contribution in [3.63, 3.8) is 0 Å². The van der Waals surface area contributed by atoms with Crippen molar-refractivity contribution in [2.45, 2.75) is 92.1 Å². The second kappa shape index (κ2) is 18.3. The number of benzene rings is 2. The van der Waals surface area contributed by atoms with Gasteiger partial charge in [-0.25, -0.2) is 9.59 Å². The molecule has 298 valence electrons. The highest BCUT2D eigenvalue weighted by Crippen LogP contribution is 2.34. The van der Waals surface area contributed by atoms with Gasteiger partial charge in [0.2, 0.25) is 11.8 Å². The number of amides is 4. The van der Waals surface area contributed by atoms with Crippen molar-refractivity contribution in [2.75, 3.05) is 41.5 Å². The molecule has 0 aromatic heterocycles. The second-order valence-electron chi connectivity index (χ2n) is 15.6. The summed E-state index contributed by atoms with van der Waals surface area (Å²) >= 11 is 0. The SMILES string of the molecule is COc1ccc(CN2CC=CC(C)(C)C(NC(=O)O)C2=O)c(OC)c1.COc1ccc(CN2CCCC(C)(C)C(NC(=O)OC(C)(C)C)C2=O)c(OC)c1. The van der Waals surface area contributed by atoms with E-state index in [2.05, 4.69) is 10.6 Å². The summed E-state index contributed by atoms with van der Waals surface area (Å²) < 4.78 is 26.7. The first-order chi connectivity index (χ1) is 25.2. The molecule has 0 radical (unpaired) electrons. The molecule has 14 nitrogen and oxygen atoms in total. The molecule has 0 aliphatic carbocycles. The van der Waals surface area contributed by atoms with Crippen LogP contribution >= 0.6 is 0 Å². The van der Waals surface area contributed by atoms with Crippen LogP contribution < -0.4 is 29.6 Å². The standard InChI is InChI=1S/C22H34N2O5.C18H24N2O5/c1-21(2,3)29-20(26)23-18-19(25)24(12-8-11-22(18,4)5)14-15-9-10-16(27-6)13-17(15)28-7;1-18(2)8-5-9-20(16(21)15(18)19-17(22)23)11-12-6-7-13(24-3)10-14(12)25-4/h9-10,13,18H,8,11-12,14H2,1-7H3,(H,23,26);5-8,10,15,19H,9,11H2,1-4H3,(H,22,23). The topological polar surface area (TPSA) is 165 Å². The van der Waals surface area contributed by atoms with Gasteiger partial charge in [-0.1, -0.05) is 39.8 Å². The Hall–Kier alpha value is -5.14. The highest BCUT2D eigenvalue weighted by atomic mass is 16.6. The molecule has 4 amide bonds. The molecule has 2 atom stereocenters. The lowest BCUT2D eigenvalue weighted by Crippen LogP contribution is -2.54. The van der Waals surface area contributed by atoms with E-state index in [1.54, 1.807) is 77.2 Å². The van der Waals surface area contributed by atoms with Gasteiger partial charge in [0.25, 0.3) is 0 Å². The molecule has 0 spiro atoms. The molecule has 14 heteroatoms. The smallest absolute Gasteiger partial charge is 0.408 e. The van der Waals surface area contributed by atoms with Gasteiger partial charge >= 0.3 is 12.2 Å². The quantitative estimate of drug-likeness (QED) is 0.245. The number of hydrogen-bond acceptors (Lipinski definition) is 9. The zero-order valence-electron chi connectivity index (χ0n) is 33.5. The Morgan fingerprint density at radius 2 is 1.31 bits per heavy atom. The van der Waals surface area contributed by atoms with Crippen LogP contribution in [0.25, 0.3) is 0 Å². The van der Waals surface area contributed by atoms with Gasteiger partial charge < -0.3 is 49.2 Å². The molecule has 2 unspecified atom stereocenters. The Balaban J connectivity index is 0.000000294. The lowest BCUT2D eigenvalue weighted by Gasteiger charge is -2.34. The van der Waals surface area contributed by atoms with E-state index in [1.807, 2.05) is 58.0 Å². The van der Waals surface area contributed by atoms with Crippen LogP contribution in [0.4, 0.5) is 9.59 Å². The van der Waals surface area contributed by atoms with Crippen LogP contribution in [0.2, 0.25) is 0 Å². The van der Waals surface area contributed by atoms with Gasteiger partial charge in [-0.05, 0) is 63.3 Å². The number of alkyl carbamates (subject to hydrolysis) is 1. The summed E-state index contributed by atoms with van der Waals surface area (Å²) in [6.45, 7) is 14.8. The maximum Gasteiger partial charge on any atom is 0.408 e. The number of carboxylic acid groups (broad SMARTS) is 1. The molecule has 2 heterocycles. The van der Waals surface area contributed by atoms with E-state index in [-0.39, 0.29) is 17.2 Å². The van der Waals surface area contributed by atoms with Gasteiger partial charge in [-0.15, -0.1) is 0 Å². The molecular weight excluding hydrogens is 696 g/mol. The molecule has 1 saturated heterocycles. The zero-order chi connectivity index (χ0) is 40.4. The Labute approximate surface area is 319 Å². The van der Waals surface area contributed by atoms with E-state index in [0.717, 1.165) is 24.0 Å². The highest BCUT2D eigenvalue weighted by Gasteiger charge is 2.42. The third-order valence-electron chi connectivity index (χ3n) is 9.40. The van der Waals surface area contributed by atoms with Gasteiger partial charge in [0.1, 0.15) is 40.7 Å². The third-order valence-corrected chi connectivity index (χ3v) is 9.40. The number of likely N-dealkylation sites (tertiary alicyclic amines) is 1. The fraction of sp³-hybridized carbons (Fsp3) is 0.550. The van der Waals surface area contributed by atoms with Crippen LogP contribution in [0.15, 0.2) is 48.6 Å². The van der Waals surface area contributed by atoms with Crippen LogP contribution in [0.1, 0.15) is 72.4 Å². The van der Waals surface area contributed by atoms with E-state index < -0.39 is 35.3 Å². The zero-order valence-corrected chi connectivity index (χ0v) is 33.5. The van der Waals surface area contributed by atoms with E-state index in [4.69, 9.17) is 28.8 Å². The van der Waals surface area contributed by atoms with Crippen LogP contribution in [0, 0.1) is 10.8 Å². The lowest BCUT2D eigenvalue weighted by atomic mass is 9.80. The Morgan fingerprint density at radius 1 is 0.796 bits per heavy atom. The first-order valence-electron chi connectivity index (χ1n) is 17.9. The monoisotopic (exact) mass is 754 g/mol. The Kier molecular flexibility index (Phi) is 14.6. The van der Waals surface area contributed by atoms with Crippen molar-refractivity contribution in [1.82, 2.24) is 20.4 Å². The van der Waals surface area contributed by atoms with Crippen molar-refractivity contribution in [3.8, 4) is 23.0 Å². The number of carbonyl (C=O) groups excluding carboxylic acids is 3. The summed E-state index contributed by atoms with van der Waals surface area (Å²) in [5.41, 5.74) is 0.0789. The molecule has 2 aliphatic heterocycles. The van der Waals surface area contributed by atoms with E-state index in [9.17, 15) is 19.2 Å². The van der Waals surface area contributed by atoms with Gasteiger partial charge in [0.05, 0.1) is 28.4 Å². The average Bonchev–Trinajstić information content (AvgIpc) is 3.27. The second-order valence-corrected chi connectivity index (χ2v) is 15.6. The summed E-state index contributed by atoms with van der Waals surface area (Å²) in [5.74, 6) is 2.25. The van der Waals surface area contributed by atoms with Gasteiger partial charge in [-0.2, -0.15) is 0 Å². The molecule has 1 fully saturated rings. The molecule has 2 aliphatic rings. The fourth-order valence-corrected chi connectivity index (χ4v) is 6.40. The van der Waals surface area contributed by atoms with Gasteiger partial charge in [0, 0.05) is 54.9 Å². The summed E-state index contributed by atoms with van der Waals surface area (Å²) in [5, 5.41) is 14.2. The van der Waals surface area contributed by atoms with E-state index in [1.165, 1.54) is 0 Å². The maximum absolute atomic E-state index is 13.4. The average molecular weight is 755 g/mol. The summed E-state index contributed by atoms with van der Waals surface area (Å²) in [7, 11) is 6.32. The van der Waals surface area contributed by atoms with Crippen LogP contribution in [-0.4, -0.2) is 98.1 Å². The summed E-state index contributed by atoms with van der Waals surface area (Å²) in [4.78, 5) is 53.2. The lowest BCUT2D eigenvalue weighted by molar-refractivity contribution is -0.136. The summed E-state index contributed by atoms with van der Waals surface area (Å²) in [6.07, 6.45) is 3.63. The predicted octanol–water partition coefficient (Wildman–Crippen LogP) is 6.01. The van der Waals surface area contributed by atoms with Crippen molar-refractivity contribution >= 4 is 24.0 Å². The molecule has 0 saturated carbocycles. The molecule has 4 rings (SSSR count). The number of hydrogen-bond donors (Lipinski definition) is 3. The first-order valence-corrected chi connectivity index (χ1v) is 17.9.